The van der Waals surface area contributed by atoms with Gasteiger partial charge < -0.3 is 25.4 Å². The number of anilines is 1. The van der Waals surface area contributed by atoms with Crippen LogP contribution < -0.4 is 15.4 Å². The Morgan fingerprint density at radius 1 is 1.17 bits per heavy atom. The molecule has 3 N–H and O–H groups in total. The minimum Gasteiger partial charge on any atom is -0.415 e. The number of urea groups is 1. The Balaban J connectivity index is 1.97. The van der Waals surface area contributed by atoms with Crippen LogP contribution in [0.4, 0.5) is 19.3 Å². The number of aliphatic hydroxyl groups excluding tert-OH is 1. The standard InChI is InChI=1S/C25H32F2N4O4/c1-16(2)18-6-4-5-7-19(18)25(10-13-31(14-11-25)24(34)28-12-15-32)22(33)30-20-9-8-17(3)29-21(20)35-23(26)27/h4-9,16,23,32H,10-15H2,1-3H3,(H,28,34)(H,30,33). The van der Waals surface area contributed by atoms with E-state index in [-0.39, 0.29) is 42.6 Å². The van der Waals surface area contributed by atoms with Crippen LogP contribution in [-0.4, -0.2) is 59.8 Å². The predicted octanol–water partition coefficient (Wildman–Crippen LogP) is 3.79. The van der Waals surface area contributed by atoms with Gasteiger partial charge >= 0.3 is 12.6 Å². The van der Waals surface area contributed by atoms with E-state index in [9.17, 15) is 18.4 Å². The van der Waals surface area contributed by atoms with Crippen molar-refractivity contribution >= 4 is 17.6 Å². The van der Waals surface area contributed by atoms with Gasteiger partial charge in [0.15, 0.2) is 0 Å². The third-order valence-electron chi connectivity index (χ3n) is 6.27. The first-order valence-corrected chi connectivity index (χ1v) is 11.6. The monoisotopic (exact) mass is 490 g/mol. The van der Waals surface area contributed by atoms with Gasteiger partial charge in [-0.15, -0.1) is 0 Å². The fraction of sp³-hybridized carbons (Fsp3) is 0.480. The molecule has 0 unspecified atom stereocenters. The van der Waals surface area contributed by atoms with E-state index in [1.807, 2.05) is 38.1 Å². The summed E-state index contributed by atoms with van der Waals surface area (Å²) in [6.45, 7) is 3.23. The maximum Gasteiger partial charge on any atom is 0.388 e. The smallest absolute Gasteiger partial charge is 0.388 e. The number of piperidine rings is 1. The van der Waals surface area contributed by atoms with Crippen LogP contribution in [0, 0.1) is 6.92 Å². The molecule has 1 aromatic heterocycles. The summed E-state index contributed by atoms with van der Waals surface area (Å²) in [4.78, 5) is 32.0. The molecule has 0 spiro atoms. The molecule has 3 rings (SSSR count). The third-order valence-corrected chi connectivity index (χ3v) is 6.27. The lowest BCUT2D eigenvalue weighted by atomic mass is 9.69. The van der Waals surface area contributed by atoms with Gasteiger partial charge in [0.25, 0.3) is 0 Å². The molecule has 1 aliphatic heterocycles. The first-order chi connectivity index (χ1) is 16.7. The number of nitrogens with zero attached hydrogens (tertiary/aromatic N) is 2. The molecule has 3 amide bonds. The SMILES string of the molecule is Cc1ccc(NC(=O)C2(c3ccccc3C(C)C)CCN(C(=O)NCCO)CC2)c(OC(F)F)n1. The number of carbonyl (C=O) groups excluding carboxylic acids is 2. The van der Waals surface area contributed by atoms with Crippen molar-refractivity contribution in [3.8, 4) is 5.88 Å². The third kappa shape index (κ3) is 6.05. The van der Waals surface area contributed by atoms with Gasteiger partial charge in [0, 0.05) is 25.3 Å². The Morgan fingerprint density at radius 2 is 1.86 bits per heavy atom. The number of alkyl halides is 2. The van der Waals surface area contributed by atoms with E-state index in [4.69, 9.17) is 5.11 Å². The fourth-order valence-electron chi connectivity index (χ4n) is 4.47. The number of aromatic nitrogens is 1. The summed E-state index contributed by atoms with van der Waals surface area (Å²) in [6, 6.07) is 10.5. The molecule has 8 nitrogen and oxygen atoms in total. The summed E-state index contributed by atoms with van der Waals surface area (Å²) in [6.07, 6.45) is 0.666. The number of carbonyl (C=O) groups is 2. The maximum absolute atomic E-state index is 13.9. The van der Waals surface area contributed by atoms with E-state index < -0.39 is 12.0 Å². The average molecular weight is 491 g/mol. The number of likely N-dealkylation sites (tertiary alicyclic amines) is 1. The summed E-state index contributed by atoms with van der Waals surface area (Å²) in [5.41, 5.74) is 1.39. The predicted molar refractivity (Wildman–Crippen MR) is 128 cm³/mol. The highest BCUT2D eigenvalue weighted by molar-refractivity contribution is 6.00. The van der Waals surface area contributed by atoms with Gasteiger partial charge in [-0.3, -0.25) is 4.79 Å². The summed E-state index contributed by atoms with van der Waals surface area (Å²) in [7, 11) is 0. The zero-order valence-corrected chi connectivity index (χ0v) is 20.2. The molecular formula is C25H32F2N4O4. The highest BCUT2D eigenvalue weighted by atomic mass is 19.3. The van der Waals surface area contributed by atoms with E-state index >= 15 is 0 Å². The van der Waals surface area contributed by atoms with Crippen LogP contribution in [0.1, 0.15) is 49.4 Å². The lowest BCUT2D eigenvalue weighted by Gasteiger charge is -2.42. The minimum absolute atomic E-state index is 0.0606. The number of aryl methyl sites for hydroxylation is 1. The van der Waals surface area contributed by atoms with Crippen molar-refractivity contribution in [3.05, 3.63) is 53.2 Å². The zero-order valence-electron chi connectivity index (χ0n) is 20.2. The number of benzene rings is 1. The highest BCUT2D eigenvalue weighted by Gasteiger charge is 2.45. The van der Waals surface area contributed by atoms with Gasteiger partial charge in [0.2, 0.25) is 11.8 Å². The van der Waals surface area contributed by atoms with Crippen LogP contribution >= 0.6 is 0 Å². The molecule has 35 heavy (non-hydrogen) atoms. The Morgan fingerprint density at radius 3 is 2.49 bits per heavy atom. The van der Waals surface area contributed by atoms with E-state index in [0.717, 1.165) is 11.1 Å². The molecule has 1 fully saturated rings. The number of halogens is 2. The first-order valence-electron chi connectivity index (χ1n) is 11.6. The molecule has 1 aliphatic rings. The van der Waals surface area contributed by atoms with Crippen molar-refractivity contribution in [2.24, 2.45) is 0 Å². The van der Waals surface area contributed by atoms with Crippen LogP contribution in [0.25, 0.3) is 0 Å². The zero-order chi connectivity index (χ0) is 25.6. The Hall–Kier alpha value is -3.27. The first kappa shape index (κ1) is 26.3. The van der Waals surface area contributed by atoms with Gasteiger partial charge in [0.1, 0.15) is 5.69 Å². The summed E-state index contributed by atoms with van der Waals surface area (Å²) >= 11 is 0. The van der Waals surface area contributed by atoms with Gasteiger partial charge in [0.05, 0.1) is 12.0 Å². The Bertz CT molecular complexity index is 1040. The van der Waals surface area contributed by atoms with Crippen molar-refractivity contribution in [2.75, 3.05) is 31.6 Å². The molecule has 0 bridgehead atoms. The van der Waals surface area contributed by atoms with E-state index in [0.29, 0.717) is 31.6 Å². The number of amides is 3. The largest absolute Gasteiger partial charge is 0.415 e. The molecule has 0 radical (unpaired) electrons. The molecule has 190 valence electrons. The number of nitrogens with one attached hydrogen (secondary N) is 2. The van der Waals surface area contributed by atoms with Gasteiger partial charge in [-0.25, -0.2) is 9.78 Å². The summed E-state index contributed by atoms with van der Waals surface area (Å²) in [5, 5.41) is 14.4. The van der Waals surface area contributed by atoms with Crippen molar-refractivity contribution in [3.63, 3.8) is 0 Å². The normalized spacial score (nSPS) is 15.3. The van der Waals surface area contributed by atoms with Crippen molar-refractivity contribution in [1.82, 2.24) is 15.2 Å². The Kier molecular flexibility index (Phi) is 8.61. The fourth-order valence-corrected chi connectivity index (χ4v) is 4.47. The molecule has 0 atom stereocenters. The quantitative estimate of drug-likeness (QED) is 0.522. The topological polar surface area (TPSA) is 104 Å². The lowest BCUT2D eigenvalue weighted by Crippen LogP contribution is -2.53. The molecule has 2 heterocycles. The lowest BCUT2D eigenvalue weighted by molar-refractivity contribution is -0.123. The molecule has 0 saturated carbocycles. The van der Waals surface area contributed by atoms with Gasteiger partial charge in [-0.2, -0.15) is 8.78 Å². The van der Waals surface area contributed by atoms with Crippen LogP contribution in [0.5, 0.6) is 5.88 Å². The van der Waals surface area contributed by atoms with Gasteiger partial charge in [-0.1, -0.05) is 38.1 Å². The van der Waals surface area contributed by atoms with Crippen molar-refractivity contribution < 1.29 is 28.2 Å². The number of hydrogen-bond acceptors (Lipinski definition) is 5. The molecule has 1 saturated heterocycles. The second-order valence-electron chi connectivity index (χ2n) is 8.90. The molecule has 2 aromatic rings. The van der Waals surface area contributed by atoms with Crippen molar-refractivity contribution in [2.45, 2.75) is 51.6 Å². The second-order valence-corrected chi connectivity index (χ2v) is 8.90. The van der Waals surface area contributed by atoms with E-state index in [1.54, 1.807) is 17.9 Å². The van der Waals surface area contributed by atoms with Crippen LogP contribution in [0.15, 0.2) is 36.4 Å². The van der Waals surface area contributed by atoms with Gasteiger partial charge in [-0.05, 0) is 48.9 Å². The number of ether oxygens (including phenoxy) is 1. The highest BCUT2D eigenvalue weighted by Crippen LogP contribution is 2.41. The minimum atomic E-state index is -3.09. The molecule has 0 aliphatic carbocycles. The number of aliphatic hydroxyl groups is 1. The van der Waals surface area contributed by atoms with E-state index in [2.05, 4.69) is 20.4 Å². The van der Waals surface area contributed by atoms with Crippen LogP contribution in [0.2, 0.25) is 0 Å². The summed E-state index contributed by atoms with van der Waals surface area (Å²) < 4.78 is 30.5. The molecule has 10 heteroatoms. The second kappa shape index (κ2) is 11.4. The summed E-state index contributed by atoms with van der Waals surface area (Å²) in [5.74, 6) is -0.576. The number of pyridine rings is 1. The van der Waals surface area contributed by atoms with Crippen LogP contribution in [-0.2, 0) is 10.2 Å². The maximum atomic E-state index is 13.9. The number of rotatable bonds is 8. The average Bonchev–Trinajstić information content (AvgIpc) is 2.83. The molecule has 1 aromatic carbocycles. The van der Waals surface area contributed by atoms with Crippen molar-refractivity contribution in [1.29, 1.82) is 0 Å². The van der Waals surface area contributed by atoms with Crippen LogP contribution in [0.3, 0.4) is 0 Å². The number of hydrogen-bond donors (Lipinski definition) is 3. The van der Waals surface area contributed by atoms with E-state index in [1.165, 1.54) is 6.07 Å². The molecular weight excluding hydrogens is 458 g/mol. The Labute approximate surface area is 203 Å².